The first-order chi connectivity index (χ1) is 12.9. The predicted molar refractivity (Wildman–Crippen MR) is 104 cm³/mol. The van der Waals surface area contributed by atoms with E-state index in [9.17, 15) is 13.2 Å². The summed E-state index contributed by atoms with van der Waals surface area (Å²) in [6.07, 6.45) is 2.68. The van der Waals surface area contributed by atoms with Gasteiger partial charge in [0, 0.05) is 46.0 Å². The van der Waals surface area contributed by atoms with E-state index in [1.54, 1.807) is 25.2 Å². The third-order valence-electron chi connectivity index (χ3n) is 4.53. The predicted octanol–water partition coefficient (Wildman–Crippen LogP) is 2.25. The summed E-state index contributed by atoms with van der Waals surface area (Å²) >= 11 is 6.18. The molecule has 1 fully saturated rings. The summed E-state index contributed by atoms with van der Waals surface area (Å²) in [6, 6.07) is 4.39. The highest BCUT2D eigenvalue weighted by atomic mass is 35.5. The van der Waals surface area contributed by atoms with Crippen LogP contribution >= 0.6 is 11.6 Å². The molecule has 152 valence electrons. The van der Waals surface area contributed by atoms with Crippen LogP contribution in [0.2, 0.25) is 5.02 Å². The van der Waals surface area contributed by atoms with Crippen LogP contribution in [0.25, 0.3) is 0 Å². The largest absolute Gasteiger partial charge is 0.383 e. The highest BCUT2D eigenvalue weighted by Gasteiger charge is 2.29. The van der Waals surface area contributed by atoms with Gasteiger partial charge in [-0.3, -0.25) is 4.79 Å². The van der Waals surface area contributed by atoms with Crippen molar-refractivity contribution in [2.24, 2.45) is 0 Å². The van der Waals surface area contributed by atoms with Gasteiger partial charge in [0.15, 0.2) is 0 Å². The molecular formula is C18H27ClN2O5S. The minimum Gasteiger partial charge on any atom is -0.383 e. The summed E-state index contributed by atoms with van der Waals surface area (Å²) < 4.78 is 37.5. The fraction of sp³-hybridized carbons (Fsp3) is 0.611. The lowest BCUT2D eigenvalue weighted by atomic mass is 10.2. The number of rotatable bonds is 9. The number of carbonyl (C=O) groups is 1. The van der Waals surface area contributed by atoms with Gasteiger partial charge in [-0.2, -0.15) is 4.31 Å². The van der Waals surface area contributed by atoms with Crippen molar-refractivity contribution in [1.29, 1.82) is 0 Å². The quantitative estimate of drug-likeness (QED) is 0.614. The Kier molecular flexibility index (Phi) is 8.50. The lowest BCUT2D eigenvalue weighted by molar-refractivity contribution is 0.0627. The number of benzene rings is 1. The van der Waals surface area contributed by atoms with Crippen LogP contribution in [-0.4, -0.2) is 77.1 Å². The Morgan fingerprint density at radius 2 is 1.70 bits per heavy atom. The number of piperidine rings is 1. The first kappa shape index (κ1) is 22.1. The van der Waals surface area contributed by atoms with Crippen molar-refractivity contribution >= 4 is 27.5 Å². The molecule has 0 saturated carbocycles. The SMILES string of the molecule is COCCN(CCOC)C(=O)c1ccc(Cl)c(S(=O)(=O)N2CCCCC2)c1. The molecule has 2 rings (SSSR count). The third kappa shape index (κ3) is 5.65. The van der Waals surface area contributed by atoms with E-state index in [0.717, 1.165) is 19.3 Å². The molecule has 0 atom stereocenters. The highest BCUT2D eigenvalue weighted by molar-refractivity contribution is 7.89. The van der Waals surface area contributed by atoms with E-state index in [1.807, 2.05) is 0 Å². The van der Waals surface area contributed by atoms with E-state index >= 15 is 0 Å². The van der Waals surface area contributed by atoms with Crippen LogP contribution in [-0.2, 0) is 19.5 Å². The van der Waals surface area contributed by atoms with Gasteiger partial charge in [-0.15, -0.1) is 0 Å². The molecule has 1 saturated heterocycles. The number of ether oxygens (including phenoxy) is 2. The van der Waals surface area contributed by atoms with Gasteiger partial charge in [-0.25, -0.2) is 8.42 Å². The summed E-state index contributed by atoms with van der Waals surface area (Å²) in [4.78, 5) is 14.4. The Hall–Kier alpha value is -1.19. The van der Waals surface area contributed by atoms with Crippen molar-refractivity contribution in [1.82, 2.24) is 9.21 Å². The number of halogens is 1. The van der Waals surface area contributed by atoms with Crippen molar-refractivity contribution in [3.05, 3.63) is 28.8 Å². The maximum atomic E-state index is 13.0. The minimum atomic E-state index is -3.73. The Bertz CT molecular complexity index is 727. The molecule has 9 heteroatoms. The molecule has 0 N–H and O–H groups in total. The Morgan fingerprint density at radius 1 is 1.11 bits per heavy atom. The molecule has 0 spiro atoms. The van der Waals surface area contributed by atoms with Gasteiger partial charge >= 0.3 is 0 Å². The number of methoxy groups -OCH3 is 2. The van der Waals surface area contributed by atoms with E-state index in [1.165, 1.54) is 16.4 Å². The van der Waals surface area contributed by atoms with Crippen LogP contribution in [0.4, 0.5) is 0 Å². The minimum absolute atomic E-state index is 0.0182. The van der Waals surface area contributed by atoms with Gasteiger partial charge in [-0.05, 0) is 31.0 Å². The number of carbonyl (C=O) groups excluding carboxylic acids is 1. The highest BCUT2D eigenvalue weighted by Crippen LogP contribution is 2.28. The number of nitrogens with zero attached hydrogens (tertiary/aromatic N) is 2. The van der Waals surface area contributed by atoms with E-state index in [-0.39, 0.29) is 21.4 Å². The molecule has 1 aromatic carbocycles. The summed E-state index contributed by atoms with van der Waals surface area (Å²) in [7, 11) is -0.607. The fourth-order valence-corrected chi connectivity index (χ4v) is 5.00. The van der Waals surface area contributed by atoms with Gasteiger partial charge in [0.25, 0.3) is 5.91 Å². The second-order valence-corrected chi connectivity index (χ2v) is 8.70. The normalized spacial score (nSPS) is 15.7. The maximum Gasteiger partial charge on any atom is 0.254 e. The molecule has 1 aromatic rings. The van der Waals surface area contributed by atoms with Crippen molar-refractivity contribution in [3.63, 3.8) is 0 Å². The molecule has 7 nitrogen and oxygen atoms in total. The molecule has 0 bridgehead atoms. The van der Waals surface area contributed by atoms with Crippen molar-refractivity contribution in [2.75, 3.05) is 53.6 Å². The molecule has 1 aliphatic rings. The molecule has 0 aromatic heterocycles. The second-order valence-electron chi connectivity index (χ2n) is 6.39. The van der Waals surface area contributed by atoms with Crippen LogP contribution in [0, 0.1) is 0 Å². The van der Waals surface area contributed by atoms with Gasteiger partial charge in [0.1, 0.15) is 4.90 Å². The first-order valence-electron chi connectivity index (χ1n) is 8.98. The Balaban J connectivity index is 2.30. The smallest absolute Gasteiger partial charge is 0.254 e. The van der Waals surface area contributed by atoms with Crippen LogP contribution in [0.5, 0.6) is 0 Å². The van der Waals surface area contributed by atoms with E-state index in [4.69, 9.17) is 21.1 Å². The van der Waals surface area contributed by atoms with Gasteiger partial charge in [-0.1, -0.05) is 18.0 Å². The zero-order chi connectivity index (χ0) is 19.9. The molecule has 1 heterocycles. The average Bonchev–Trinajstić information content (AvgIpc) is 2.68. The Labute approximate surface area is 166 Å². The molecular weight excluding hydrogens is 392 g/mol. The average molecular weight is 419 g/mol. The molecule has 1 aliphatic heterocycles. The zero-order valence-corrected chi connectivity index (χ0v) is 17.4. The summed E-state index contributed by atoms with van der Waals surface area (Å²) in [6.45, 7) is 2.48. The molecule has 1 amide bonds. The van der Waals surface area contributed by atoms with Crippen molar-refractivity contribution in [2.45, 2.75) is 24.2 Å². The monoisotopic (exact) mass is 418 g/mol. The number of sulfonamides is 1. The first-order valence-corrected chi connectivity index (χ1v) is 10.8. The van der Waals surface area contributed by atoms with Crippen LogP contribution < -0.4 is 0 Å². The van der Waals surface area contributed by atoms with Gasteiger partial charge in [0.2, 0.25) is 10.0 Å². The second kappa shape index (κ2) is 10.4. The van der Waals surface area contributed by atoms with E-state index in [2.05, 4.69) is 0 Å². The topological polar surface area (TPSA) is 76.1 Å². The van der Waals surface area contributed by atoms with E-state index in [0.29, 0.717) is 39.4 Å². The van der Waals surface area contributed by atoms with Crippen molar-refractivity contribution in [3.8, 4) is 0 Å². The molecule has 0 aliphatic carbocycles. The summed E-state index contributed by atoms with van der Waals surface area (Å²) in [5, 5.41) is 0.123. The van der Waals surface area contributed by atoms with Crippen molar-refractivity contribution < 1.29 is 22.7 Å². The number of amides is 1. The number of hydrogen-bond acceptors (Lipinski definition) is 5. The maximum absolute atomic E-state index is 13.0. The summed E-state index contributed by atoms with van der Waals surface area (Å²) in [5.74, 6) is -0.282. The van der Waals surface area contributed by atoms with Crippen LogP contribution in [0.15, 0.2) is 23.1 Å². The molecule has 27 heavy (non-hydrogen) atoms. The number of hydrogen-bond donors (Lipinski definition) is 0. The third-order valence-corrected chi connectivity index (χ3v) is 6.91. The zero-order valence-electron chi connectivity index (χ0n) is 15.8. The summed E-state index contributed by atoms with van der Waals surface area (Å²) in [5.41, 5.74) is 0.280. The molecule has 0 radical (unpaired) electrons. The van der Waals surface area contributed by atoms with E-state index < -0.39 is 10.0 Å². The molecule has 0 unspecified atom stereocenters. The lowest BCUT2D eigenvalue weighted by Gasteiger charge is -2.27. The fourth-order valence-electron chi connectivity index (χ4n) is 2.98. The lowest BCUT2D eigenvalue weighted by Crippen LogP contribution is -2.37. The van der Waals surface area contributed by atoms with Crippen LogP contribution in [0.1, 0.15) is 29.6 Å². The van der Waals surface area contributed by atoms with Gasteiger partial charge < -0.3 is 14.4 Å². The van der Waals surface area contributed by atoms with Gasteiger partial charge in [0.05, 0.1) is 18.2 Å². The van der Waals surface area contributed by atoms with Crippen LogP contribution in [0.3, 0.4) is 0 Å². The Morgan fingerprint density at radius 3 is 2.26 bits per heavy atom. The standard InChI is InChI=1S/C18H27ClN2O5S/c1-25-12-10-20(11-13-26-2)18(22)15-6-7-16(19)17(14-15)27(23,24)21-8-4-3-5-9-21/h6-7,14H,3-5,8-13H2,1-2H3.